The van der Waals surface area contributed by atoms with Crippen LogP contribution in [0, 0.1) is 4.78 Å². The summed E-state index contributed by atoms with van der Waals surface area (Å²) in [5, 5.41) is 3.51. The molecule has 0 bridgehead atoms. The maximum absolute atomic E-state index is 12.9. The average molecular weight is 461 g/mol. The van der Waals surface area contributed by atoms with Crippen molar-refractivity contribution in [3.05, 3.63) is 69.7 Å². The minimum absolute atomic E-state index is 0.0946. The number of alkyl halides is 6. The van der Waals surface area contributed by atoms with Gasteiger partial charge in [-0.1, -0.05) is 28.9 Å². The minimum atomic E-state index is -4.58. The molecule has 0 saturated heterocycles. The Hall–Kier alpha value is -2.60. The lowest BCUT2D eigenvalue weighted by atomic mass is 10.1. The summed E-state index contributed by atoms with van der Waals surface area (Å²) in [5.41, 5.74) is -1.65. The first-order valence-corrected chi connectivity index (χ1v) is 8.74. The van der Waals surface area contributed by atoms with E-state index < -0.39 is 34.0 Å². The summed E-state index contributed by atoms with van der Waals surface area (Å²) in [5.74, 6) is 0. The first kappa shape index (κ1) is 24.4. The van der Waals surface area contributed by atoms with E-state index in [0.29, 0.717) is 5.56 Å². The Morgan fingerprint density at radius 2 is 1.55 bits per heavy atom. The van der Waals surface area contributed by atoms with Crippen LogP contribution in [0.3, 0.4) is 0 Å². The summed E-state index contributed by atoms with van der Waals surface area (Å²) >= 11 is 5.67. The van der Waals surface area contributed by atoms with Crippen LogP contribution >= 0.6 is 11.6 Å². The zero-order chi connectivity index (χ0) is 22.2. The van der Waals surface area contributed by atoms with Gasteiger partial charge in [-0.15, -0.1) is 0 Å². The van der Waals surface area contributed by atoms with Crippen LogP contribution in [-0.4, -0.2) is 14.6 Å². The van der Waals surface area contributed by atoms with Crippen LogP contribution in [0.2, 0.25) is 5.02 Å². The van der Waals surface area contributed by atoms with Gasteiger partial charge in [0.15, 0.2) is 0 Å². The predicted octanol–water partition coefficient (Wildman–Crippen LogP) is 5.56. The summed E-state index contributed by atoms with van der Waals surface area (Å²) in [6.45, 7) is -0.198. The van der Waals surface area contributed by atoms with Crippen LogP contribution in [-0.2, 0) is 34.3 Å². The van der Waals surface area contributed by atoms with Crippen molar-refractivity contribution in [1.29, 1.82) is 4.78 Å². The fourth-order valence-corrected chi connectivity index (χ4v) is 2.07. The van der Waals surface area contributed by atoms with E-state index in [-0.39, 0.29) is 17.2 Å². The van der Waals surface area contributed by atoms with Gasteiger partial charge in [0.2, 0.25) is 0 Å². The molecule has 5 nitrogen and oxygen atoms in total. The summed E-state index contributed by atoms with van der Waals surface area (Å²) in [7, 11) is -2.61. The molecule has 0 spiro atoms. The van der Waals surface area contributed by atoms with Crippen molar-refractivity contribution in [3.8, 4) is 0 Å². The quantitative estimate of drug-likeness (QED) is 0.369. The third-order valence-corrected chi connectivity index (χ3v) is 3.33. The molecular weight excluding hydrogens is 450 g/mol. The van der Waals surface area contributed by atoms with Crippen molar-refractivity contribution < 1.29 is 39.6 Å². The van der Waals surface area contributed by atoms with Gasteiger partial charge < -0.3 is 4.84 Å². The van der Waals surface area contributed by atoms with Gasteiger partial charge in [-0.2, -0.15) is 39.5 Å². The molecule has 0 heterocycles. The molecule has 1 N–H and O–H groups in total. The number of hydrogen-bond donors (Lipinski definition) is 1. The molecular formula is C16H11ClF6N2O3S. The van der Waals surface area contributed by atoms with Gasteiger partial charge in [0, 0.05) is 10.6 Å². The van der Waals surface area contributed by atoms with Gasteiger partial charge in [0.25, 0.3) is 0 Å². The zero-order valence-electron chi connectivity index (χ0n) is 14.1. The number of hydrogen-bond acceptors (Lipinski definition) is 5. The molecule has 0 aliphatic carbocycles. The molecule has 0 aliphatic heterocycles. The van der Waals surface area contributed by atoms with Crippen molar-refractivity contribution >= 4 is 28.3 Å². The van der Waals surface area contributed by atoms with Crippen LogP contribution in [0.15, 0.2) is 47.6 Å². The van der Waals surface area contributed by atoms with Crippen molar-refractivity contribution in [2.75, 3.05) is 0 Å². The van der Waals surface area contributed by atoms with E-state index in [0.717, 1.165) is 36.5 Å². The molecule has 0 aliphatic rings. The lowest BCUT2D eigenvalue weighted by Gasteiger charge is -2.10. The zero-order valence-corrected chi connectivity index (χ0v) is 15.6. The Morgan fingerprint density at radius 3 is 2.03 bits per heavy atom. The molecule has 0 atom stereocenters. The summed E-state index contributed by atoms with van der Waals surface area (Å²) < 4.78 is 98.7. The standard InChI is InChI=1S/C16H10ClF6NO.HNO2S/c17-13-5-6-14(16(21,22)23)11(7-13)8-24-25-9-10-1-3-12(4-2-10)15(18,19)20;1-4(2)3/h1-8H,9H2;1H/b24-8+;. The number of halogens is 7. The van der Waals surface area contributed by atoms with Crippen molar-refractivity contribution in [2.24, 2.45) is 5.16 Å². The summed E-state index contributed by atoms with van der Waals surface area (Å²) in [6, 6.07) is 7.14. The maximum atomic E-state index is 12.9. The number of nitrogens with zero attached hydrogens (tertiary/aromatic N) is 1. The van der Waals surface area contributed by atoms with Gasteiger partial charge in [-0.25, -0.2) is 0 Å². The summed E-state index contributed by atoms with van der Waals surface area (Å²) in [6.07, 6.45) is -8.18. The molecule has 0 amide bonds. The van der Waals surface area contributed by atoms with Gasteiger partial charge in [-0.05, 0) is 35.9 Å². The molecule has 0 unspecified atom stereocenters. The smallest absolute Gasteiger partial charge is 0.391 e. The highest BCUT2D eigenvalue weighted by molar-refractivity contribution is 7.60. The molecule has 0 aromatic heterocycles. The molecule has 0 saturated carbocycles. The Balaban J connectivity index is 0.000000960. The van der Waals surface area contributed by atoms with Crippen molar-refractivity contribution in [2.45, 2.75) is 19.0 Å². The van der Waals surface area contributed by atoms with E-state index >= 15 is 0 Å². The van der Waals surface area contributed by atoms with Gasteiger partial charge in [0.1, 0.15) is 6.61 Å². The first-order chi connectivity index (χ1) is 13.3. The van der Waals surface area contributed by atoms with Gasteiger partial charge in [-0.3, -0.25) is 0 Å². The fraction of sp³-hybridized carbons (Fsp3) is 0.188. The molecule has 0 radical (unpaired) electrons. The second kappa shape index (κ2) is 10.3. The average Bonchev–Trinajstić information content (AvgIpc) is 2.57. The van der Waals surface area contributed by atoms with Crippen LogP contribution < -0.4 is 0 Å². The molecule has 2 aromatic carbocycles. The van der Waals surface area contributed by atoms with Crippen LogP contribution in [0.4, 0.5) is 26.3 Å². The van der Waals surface area contributed by atoms with E-state index in [4.69, 9.17) is 29.6 Å². The Labute approximate surface area is 167 Å². The lowest BCUT2D eigenvalue weighted by Crippen LogP contribution is -2.08. The van der Waals surface area contributed by atoms with E-state index in [1.54, 1.807) is 0 Å². The molecule has 158 valence electrons. The van der Waals surface area contributed by atoms with E-state index in [1.807, 2.05) is 0 Å². The van der Waals surface area contributed by atoms with Crippen LogP contribution in [0.5, 0.6) is 0 Å². The van der Waals surface area contributed by atoms with E-state index in [2.05, 4.69) is 5.16 Å². The molecule has 0 fully saturated rings. The van der Waals surface area contributed by atoms with Crippen LogP contribution in [0.1, 0.15) is 22.3 Å². The predicted molar refractivity (Wildman–Crippen MR) is 91.9 cm³/mol. The molecule has 29 heavy (non-hydrogen) atoms. The second-order valence-corrected chi connectivity index (χ2v) is 6.07. The largest absolute Gasteiger partial charge is 0.417 e. The highest BCUT2D eigenvalue weighted by Gasteiger charge is 2.33. The Kier molecular flexibility index (Phi) is 8.64. The SMILES string of the molecule is FC(F)(F)c1ccc(CO/N=C/c2cc(Cl)ccc2C(F)(F)F)cc1.N=S(=O)=O. The monoisotopic (exact) mass is 460 g/mol. The minimum Gasteiger partial charge on any atom is -0.391 e. The molecule has 2 rings (SSSR count). The highest BCUT2D eigenvalue weighted by Crippen LogP contribution is 2.32. The Bertz CT molecular complexity index is 952. The third-order valence-electron chi connectivity index (χ3n) is 3.10. The van der Waals surface area contributed by atoms with Crippen molar-refractivity contribution in [1.82, 2.24) is 0 Å². The van der Waals surface area contributed by atoms with Gasteiger partial charge in [0.05, 0.1) is 17.3 Å². The maximum Gasteiger partial charge on any atom is 0.417 e. The first-order valence-electron chi connectivity index (χ1n) is 7.29. The number of oxime groups is 1. The Morgan fingerprint density at radius 1 is 1.00 bits per heavy atom. The second-order valence-electron chi connectivity index (χ2n) is 5.17. The number of rotatable bonds is 4. The van der Waals surface area contributed by atoms with Crippen LogP contribution in [0.25, 0.3) is 0 Å². The fourth-order valence-electron chi connectivity index (χ4n) is 1.89. The lowest BCUT2D eigenvalue weighted by molar-refractivity contribution is -0.138. The van der Waals surface area contributed by atoms with Crippen molar-refractivity contribution in [3.63, 3.8) is 0 Å². The topological polar surface area (TPSA) is 79.6 Å². The molecule has 13 heteroatoms. The summed E-state index contributed by atoms with van der Waals surface area (Å²) in [4.78, 5) is 4.83. The van der Waals surface area contributed by atoms with Gasteiger partial charge >= 0.3 is 22.9 Å². The van der Waals surface area contributed by atoms with E-state index in [9.17, 15) is 26.3 Å². The normalized spacial score (nSPS) is 11.7. The number of benzene rings is 2. The third kappa shape index (κ3) is 8.96. The number of nitrogens with one attached hydrogen (secondary N) is 1. The highest BCUT2D eigenvalue weighted by atomic mass is 35.5. The van der Waals surface area contributed by atoms with E-state index in [1.165, 1.54) is 12.1 Å². The molecule has 2 aromatic rings.